The van der Waals surface area contributed by atoms with Gasteiger partial charge in [0, 0.05) is 25.0 Å². The molecule has 1 aromatic rings. The largest absolute Gasteiger partial charge is 0.340 e. The molecule has 4 heteroatoms. The lowest BCUT2D eigenvalue weighted by Crippen LogP contribution is -2.32. The molecule has 0 radical (unpaired) electrons. The van der Waals surface area contributed by atoms with Crippen LogP contribution in [0.2, 0.25) is 0 Å². The maximum Gasteiger partial charge on any atom is 0.263 e. The van der Waals surface area contributed by atoms with E-state index in [1.165, 1.54) is 10.4 Å². The van der Waals surface area contributed by atoms with Crippen molar-refractivity contribution in [3.8, 4) is 0 Å². The SMILES string of the molecule is CCc1cc(C(=O)N(C)CCNC)sc1C. The number of hydrogen-bond donors (Lipinski definition) is 1. The van der Waals surface area contributed by atoms with Crippen molar-refractivity contribution in [2.45, 2.75) is 20.3 Å². The molecule has 0 bridgehead atoms. The summed E-state index contributed by atoms with van der Waals surface area (Å²) in [5.41, 5.74) is 1.29. The minimum atomic E-state index is 0.128. The number of thiophene rings is 1. The number of hydrogen-bond acceptors (Lipinski definition) is 3. The predicted molar refractivity (Wildman–Crippen MR) is 69.3 cm³/mol. The number of amides is 1. The molecule has 0 unspecified atom stereocenters. The van der Waals surface area contributed by atoms with Gasteiger partial charge in [-0.25, -0.2) is 0 Å². The van der Waals surface area contributed by atoms with Gasteiger partial charge in [0.05, 0.1) is 4.88 Å². The molecule has 1 aromatic heterocycles. The second-order valence-corrected chi connectivity index (χ2v) is 5.13. The zero-order chi connectivity index (χ0) is 12.1. The molecule has 0 spiro atoms. The first-order chi connectivity index (χ1) is 7.60. The fourth-order valence-electron chi connectivity index (χ4n) is 1.55. The quantitative estimate of drug-likeness (QED) is 0.852. The first kappa shape index (κ1) is 13.2. The van der Waals surface area contributed by atoms with Crippen LogP contribution in [0, 0.1) is 6.92 Å². The van der Waals surface area contributed by atoms with Gasteiger partial charge < -0.3 is 10.2 Å². The predicted octanol–water partition coefficient (Wildman–Crippen LogP) is 1.91. The molecule has 16 heavy (non-hydrogen) atoms. The maximum atomic E-state index is 12.0. The van der Waals surface area contributed by atoms with E-state index in [-0.39, 0.29) is 5.91 Å². The van der Waals surface area contributed by atoms with E-state index in [2.05, 4.69) is 19.2 Å². The Morgan fingerprint density at radius 1 is 1.56 bits per heavy atom. The van der Waals surface area contributed by atoms with Crippen LogP contribution in [0.5, 0.6) is 0 Å². The Morgan fingerprint density at radius 3 is 2.75 bits per heavy atom. The standard InChI is InChI=1S/C12H20N2OS/c1-5-10-8-11(16-9(10)2)12(15)14(4)7-6-13-3/h8,13H,5-7H2,1-4H3. The molecule has 0 aliphatic heterocycles. The summed E-state index contributed by atoms with van der Waals surface area (Å²) in [5, 5.41) is 3.04. The van der Waals surface area contributed by atoms with Crippen molar-refractivity contribution in [1.82, 2.24) is 10.2 Å². The number of aryl methyl sites for hydroxylation is 2. The molecular weight excluding hydrogens is 220 g/mol. The fourth-order valence-corrected chi connectivity index (χ4v) is 2.65. The Hall–Kier alpha value is -0.870. The molecule has 0 atom stereocenters. The van der Waals surface area contributed by atoms with E-state index in [4.69, 9.17) is 0 Å². The molecule has 1 rings (SSSR count). The van der Waals surface area contributed by atoms with Crippen molar-refractivity contribution in [3.63, 3.8) is 0 Å². The normalized spacial score (nSPS) is 10.5. The van der Waals surface area contributed by atoms with Crippen LogP contribution >= 0.6 is 11.3 Å². The Morgan fingerprint density at radius 2 is 2.25 bits per heavy atom. The first-order valence-electron chi connectivity index (χ1n) is 5.59. The summed E-state index contributed by atoms with van der Waals surface area (Å²) < 4.78 is 0. The molecule has 0 aliphatic rings. The van der Waals surface area contributed by atoms with Gasteiger partial charge in [0.15, 0.2) is 0 Å². The molecule has 90 valence electrons. The fraction of sp³-hybridized carbons (Fsp3) is 0.583. The van der Waals surface area contributed by atoms with E-state index in [1.54, 1.807) is 16.2 Å². The molecule has 3 nitrogen and oxygen atoms in total. The van der Waals surface area contributed by atoms with E-state index in [1.807, 2.05) is 20.2 Å². The van der Waals surface area contributed by atoms with Gasteiger partial charge in [0.1, 0.15) is 0 Å². The molecule has 1 amide bonds. The lowest BCUT2D eigenvalue weighted by molar-refractivity contribution is 0.0801. The lowest BCUT2D eigenvalue weighted by atomic mass is 10.2. The van der Waals surface area contributed by atoms with Crippen LogP contribution in [0.25, 0.3) is 0 Å². The third kappa shape index (κ3) is 3.06. The molecular formula is C12H20N2OS. The highest BCUT2D eigenvalue weighted by molar-refractivity contribution is 7.14. The van der Waals surface area contributed by atoms with Crippen LogP contribution in [0.15, 0.2) is 6.07 Å². The van der Waals surface area contributed by atoms with Gasteiger partial charge in [-0.1, -0.05) is 6.92 Å². The zero-order valence-corrected chi connectivity index (χ0v) is 11.3. The summed E-state index contributed by atoms with van der Waals surface area (Å²) in [6.45, 7) is 5.77. The van der Waals surface area contributed by atoms with Gasteiger partial charge in [-0.15, -0.1) is 11.3 Å². The summed E-state index contributed by atoms with van der Waals surface area (Å²) in [7, 11) is 3.74. The number of nitrogens with zero attached hydrogens (tertiary/aromatic N) is 1. The minimum absolute atomic E-state index is 0.128. The summed E-state index contributed by atoms with van der Waals surface area (Å²) in [6, 6.07) is 2.03. The van der Waals surface area contributed by atoms with Crippen LogP contribution in [-0.4, -0.2) is 38.0 Å². The van der Waals surface area contributed by atoms with Gasteiger partial charge in [-0.2, -0.15) is 0 Å². The second-order valence-electron chi connectivity index (χ2n) is 3.88. The third-order valence-electron chi connectivity index (χ3n) is 2.66. The monoisotopic (exact) mass is 240 g/mol. The minimum Gasteiger partial charge on any atom is -0.340 e. The molecule has 0 saturated carbocycles. The van der Waals surface area contributed by atoms with Crippen molar-refractivity contribution in [2.24, 2.45) is 0 Å². The van der Waals surface area contributed by atoms with E-state index >= 15 is 0 Å². The Bertz CT molecular complexity index is 360. The van der Waals surface area contributed by atoms with Crippen LogP contribution in [0.4, 0.5) is 0 Å². The molecule has 1 N–H and O–H groups in total. The van der Waals surface area contributed by atoms with Crippen LogP contribution < -0.4 is 5.32 Å². The Kier molecular flexibility index (Phi) is 4.96. The van der Waals surface area contributed by atoms with Gasteiger partial charge in [-0.05, 0) is 32.0 Å². The van der Waals surface area contributed by atoms with Gasteiger partial charge in [0.25, 0.3) is 5.91 Å². The zero-order valence-electron chi connectivity index (χ0n) is 10.5. The maximum absolute atomic E-state index is 12.0. The molecule has 1 heterocycles. The van der Waals surface area contributed by atoms with Crippen LogP contribution in [-0.2, 0) is 6.42 Å². The second kappa shape index (κ2) is 6.01. The van der Waals surface area contributed by atoms with Crippen LogP contribution in [0.3, 0.4) is 0 Å². The Balaban J connectivity index is 2.72. The highest BCUT2D eigenvalue weighted by Crippen LogP contribution is 2.22. The van der Waals surface area contributed by atoms with E-state index in [0.29, 0.717) is 0 Å². The first-order valence-corrected chi connectivity index (χ1v) is 6.41. The van der Waals surface area contributed by atoms with Crippen molar-refractivity contribution in [1.29, 1.82) is 0 Å². The van der Waals surface area contributed by atoms with E-state index < -0.39 is 0 Å². The van der Waals surface area contributed by atoms with Crippen molar-refractivity contribution in [3.05, 3.63) is 21.4 Å². The topological polar surface area (TPSA) is 32.3 Å². The van der Waals surface area contributed by atoms with Crippen molar-refractivity contribution >= 4 is 17.2 Å². The third-order valence-corrected chi connectivity index (χ3v) is 3.74. The molecule has 0 aromatic carbocycles. The Labute approximate surface area is 101 Å². The summed E-state index contributed by atoms with van der Waals surface area (Å²) in [5.74, 6) is 0.128. The summed E-state index contributed by atoms with van der Waals surface area (Å²) >= 11 is 1.60. The molecule has 0 saturated heterocycles. The van der Waals surface area contributed by atoms with Crippen molar-refractivity contribution < 1.29 is 4.79 Å². The van der Waals surface area contributed by atoms with E-state index in [9.17, 15) is 4.79 Å². The number of nitrogens with one attached hydrogen (secondary N) is 1. The summed E-state index contributed by atoms with van der Waals surface area (Å²) in [4.78, 5) is 15.9. The van der Waals surface area contributed by atoms with Gasteiger partial charge in [0.2, 0.25) is 0 Å². The van der Waals surface area contributed by atoms with Crippen molar-refractivity contribution in [2.75, 3.05) is 27.2 Å². The number of likely N-dealkylation sites (N-methyl/N-ethyl adjacent to an activating group) is 2. The molecule has 0 aliphatic carbocycles. The smallest absolute Gasteiger partial charge is 0.263 e. The lowest BCUT2D eigenvalue weighted by Gasteiger charge is -2.15. The van der Waals surface area contributed by atoms with Crippen LogP contribution in [0.1, 0.15) is 27.0 Å². The number of carbonyl (C=O) groups is 1. The molecule has 0 fully saturated rings. The van der Waals surface area contributed by atoms with E-state index in [0.717, 1.165) is 24.4 Å². The summed E-state index contributed by atoms with van der Waals surface area (Å²) in [6.07, 6.45) is 0.996. The van der Waals surface area contributed by atoms with Gasteiger partial charge in [-0.3, -0.25) is 4.79 Å². The number of rotatable bonds is 5. The number of carbonyl (C=O) groups excluding carboxylic acids is 1. The average molecular weight is 240 g/mol. The highest BCUT2D eigenvalue weighted by Gasteiger charge is 2.15. The van der Waals surface area contributed by atoms with Gasteiger partial charge >= 0.3 is 0 Å². The highest BCUT2D eigenvalue weighted by atomic mass is 32.1. The average Bonchev–Trinajstić information content (AvgIpc) is 2.66.